The van der Waals surface area contributed by atoms with Crippen molar-refractivity contribution in [2.75, 3.05) is 6.61 Å². The van der Waals surface area contributed by atoms with Gasteiger partial charge in [0.2, 0.25) is 0 Å². The number of hydrogen-bond acceptors (Lipinski definition) is 4. The summed E-state index contributed by atoms with van der Waals surface area (Å²) in [5.41, 5.74) is 2.32. The molecule has 4 heteroatoms. The molecule has 132 valence electrons. The molecule has 4 nitrogen and oxygen atoms in total. The predicted molar refractivity (Wildman–Crippen MR) is 98.6 cm³/mol. The molecule has 2 aromatic carbocycles. The highest BCUT2D eigenvalue weighted by Crippen LogP contribution is 2.27. The fourth-order valence-corrected chi connectivity index (χ4v) is 2.83. The molecule has 2 atom stereocenters. The standard InChI is InChI=1S/C21H25NO3/c1-21(2)24-19(14-22-13-17-9-5-3-6-10-17)20(25-21)16-23-15-18-11-7-4-8-12-18/h3-12,14,19-20H,13,15-16H2,1-2H3/t19-,20+/m1/s1. The van der Waals surface area contributed by atoms with Crippen LogP contribution in [0.25, 0.3) is 0 Å². The molecule has 0 aliphatic carbocycles. The van der Waals surface area contributed by atoms with Crippen LogP contribution in [0.1, 0.15) is 25.0 Å². The van der Waals surface area contributed by atoms with Gasteiger partial charge in [0.05, 0.1) is 19.8 Å². The molecule has 1 aliphatic heterocycles. The van der Waals surface area contributed by atoms with E-state index in [1.807, 2.05) is 56.5 Å². The second-order valence-electron chi connectivity index (χ2n) is 6.61. The molecule has 0 radical (unpaired) electrons. The highest BCUT2D eigenvalue weighted by Gasteiger charge is 2.40. The molecular weight excluding hydrogens is 314 g/mol. The highest BCUT2D eigenvalue weighted by molar-refractivity contribution is 5.64. The molecule has 1 heterocycles. The topological polar surface area (TPSA) is 40.0 Å². The Labute approximate surface area is 149 Å². The van der Waals surface area contributed by atoms with E-state index in [1.54, 1.807) is 0 Å². The Balaban J connectivity index is 1.53. The van der Waals surface area contributed by atoms with Crippen molar-refractivity contribution >= 4 is 6.21 Å². The molecule has 0 amide bonds. The average Bonchev–Trinajstić information content (AvgIpc) is 2.91. The van der Waals surface area contributed by atoms with E-state index in [1.165, 1.54) is 5.56 Å². The first-order valence-corrected chi connectivity index (χ1v) is 8.63. The molecule has 0 bridgehead atoms. The molecule has 2 aromatic rings. The van der Waals surface area contributed by atoms with Crippen molar-refractivity contribution in [3.63, 3.8) is 0 Å². The Morgan fingerprint density at radius 3 is 2.28 bits per heavy atom. The Bertz CT molecular complexity index is 670. The minimum atomic E-state index is -0.621. The summed E-state index contributed by atoms with van der Waals surface area (Å²) in [7, 11) is 0. The van der Waals surface area contributed by atoms with Crippen LogP contribution in [0.4, 0.5) is 0 Å². The van der Waals surface area contributed by atoms with Gasteiger partial charge in [-0.2, -0.15) is 0 Å². The van der Waals surface area contributed by atoms with Crippen molar-refractivity contribution in [3.8, 4) is 0 Å². The second-order valence-corrected chi connectivity index (χ2v) is 6.61. The van der Waals surface area contributed by atoms with Gasteiger partial charge in [0, 0.05) is 6.21 Å². The summed E-state index contributed by atoms with van der Waals surface area (Å²) in [6.45, 7) is 5.51. The number of benzene rings is 2. The molecule has 0 saturated carbocycles. The molecule has 0 spiro atoms. The molecule has 1 saturated heterocycles. The maximum absolute atomic E-state index is 5.96. The molecule has 3 rings (SSSR count). The summed E-state index contributed by atoms with van der Waals surface area (Å²) in [4.78, 5) is 4.52. The van der Waals surface area contributed by atoms with E-state index in [0.29, 0.717) is 19.8 Å². The molecule has 1 fully saturated rings. The minimum absolute atomic E-state index is 0.154. The Morgan fingerprint density at radius 1 is 0.960 bits per heavy atom. The number of ether oxygens (including phenoxy) is 3. The van der Waals surface area contributed by atoms with Gasteiger partial charge in [-0.05, 0) is 25.0 Å². The van der Waals surface area contributed by atoms with Gasteiger partial charge in [-0.15, -0.1) is 0 Å². The third kappa shape index (κ3) is 5.49. The SMILES string of the molecule is CC1(C)O[C@@H](COCc2ccccc2)[C@@H](C=NCc2ccccc2)O1. The first kappa shape index (κ1) is 17.8. The fraction of sp³-hybridized carbons (Fsp3) is 0.381. The normalized spacial score (nSPS) is 22.5. The number of hydrogen-bond donors (Lipinski definition) is 0. The molecule has 0 aromatic heterocycles. The van der Waals surface area contributed by atoms with Crippen LogP contribution in [0, 0.1) is 0 Å². The molecule has 0 unspecified atom stereocenters. The Hall–Kier alpha value is -2.01. The highest BCUT2D eigenvalue weighted by atomic mass is 16.8. The number of aliphatic imine (C=N–C) groups is 1. The largest absolute Gasteiger partial charge is 0.374 e. The lowest BCUT2D eigenvalue weighted by Gasteiger charge is -2.16. The lowest BCUT2D eigenvalue weighted by molar-refractivity contribution is -0.147. The number of nitrogens with zero attached hydrogens (tertiary/aromatic N) is 1. The van der Waals surface area contributed by atoms with E-state index in [9.17, 15) is 0 Å². The zero-order valence-corrected chi connectivity index (χ0v) is 14.8. The van der Waals surface area contributed by atoms with E-state index >= 15 is 0 Å². The van der Waals surface area contributed by atoms with Crippen LogP contribution in [0.3, 0.4) is 0 Å². The first-order valence-electron chi connectivity index (χ1n) is 8.63. The van der Waals surface area contributed by atoms with Gasteiger partial charge < -0.3 is 14.2 Å². The third-order valence-corrected chi connectivity index (χ3v) is 3.98. The van der Waals surface area contributed by atoms with E-state index in [4.69, 9.17) is 14.2 Å². The number of rotatable bonds is 7. The maximum Gasteiger partial charge on any atom is 0.164 e. The van der Waals surface area contributed by atoms with E-state index < -0.39 is 5.79 Å². The summed E-state index contributed by atoms with van der Waals surface area (Å²) in [5, 5.41) is 0. The van der Waals surface area contributed by atoms with Crippen LogP contribution in [0.5, 0.6) is 0 Å². The van der Waals surface area contributed by atoms with Gasteiger partial charge in [0.25, 0.3) is 0 Å². The van der Waals surface area contributed by atoms with Crippen molar-refractivity contribution in [1.29, 1.82) is 0 Å². The van der Waals surface area contributed by atoms with Crippen molar-refractivity contribution in [2.24, 2.45) is 4.99 Å². The molecular formula is C21H25NO3. The van der Waals surface area contributed by atoms with Crippen LogP contribution in [-0.2, 0) is 27.4 Å². The molecule has 25 heavy (non-hydrogen) atoms. The van der Waals surface area contributed by atoms with Gasteiger partial charge in [0.1, 0.15) is 12.2 Å². The zero-order chi connectivity index (χ0) is 17.5. The summed E-state index contributed by atoms with van der Waals surface area (Å²) in [5.74, 6) is -0.621. The van der Waals surface area contributed by atoms with E-state index in [0.717, 1.165) is 5.56 Å². The predicted octanol–water partition coefficient (Wildman–Crippen LogP) is 3.99. The smallest absolute Gasteiger partial charge is 0.164 e. The lowest BCUT2D eigenvalue weighted by atomic mass is 10.2. The van der Waals surface area contributed by atoms with Crippen LogP contribution in [-0.4, -0.2) is 30.8 Å². The first-order chi connectivity index (χ1) is 12.1. The second kappa shape index (κ2) is 8.39. The average molecular weight is 339 g/mol. The summed E-state index contributed by atoms with van der Waals surface area (Å²) in [6.07, 6.45) is 1.49. The van der Waals surface area contributed by atoms with E-state index in [-0.39, 0.29) is 12.2 Å². The van der Waals surface area contributed by atoms with Crippen LogP contribution in [0.2, 0.25) is 0 Å². The third-order valence-electron chi connectivity index (χ3n) is 3.98. The van der Waals surface area contributed by atoms with Crippen molar-refractivity contribution in [1.82, 2.24) is 0 Å². The fourth-order valence-electron chi connectivity index (χ4n) is 2.83. The summed E-state index contributed by atoms with van der Waals surface area (Å²) in [6, 6.07) is 20.3. The van der Waals surface area contributed by atoms with Crippen molar-refractivity contribution in [2.45, 2.75) is 45.0 Å². The van der Waals surface area contributed by atoms with Gasteiger partial charge in [0.15, 0.2) is 5.79 Å². The van der Waals surface area contributed by atoms with Gasteiger partial charge in [-0.3, -0.25) is 4.99 Å². The van der Waals surface area contributed by atoms with Gasteiger partial charge >= 0.3 is 0 Å². The summed E-state index contributed by atoms with van der Waals surface area (Å²) >= 11 is 0. The summed E-state index contributed by atoms with van der Waals surface area (Å²) < 4.78 is 17.7. The zero-order valence-electron chi connectivity index (χ0n) is 14.8. The Morgan fingerprint density at radius 2 is 1.60 bits per heavy atom. The van der Waals surface area contributed by atoms with Crippen LogP contribution >= 0.6 is 0 Å². The van der Waals surface area contributed by atoms with Crippen LogP contribution < -0.4 is 0 Å². The minimum Gasteiger partial charge on any atom is -0.374 e. The van der Waals surface area contributed by atoms with Crippen molar-refractivity contribution < 1.29 is 14.2 Å². The molecule has 1 aliphatic rings. The quantitative estimate of drug-likeness (QED) is 0.716. The van der Waals surface area contributed by atoms with Gasteiger partial charge in [-0.25, -0.2) is 0 Å². The van der Waals surface area contributed by atoms with E-state index in [2.05, 4.69) is 29.3 Å². The Kier molecular flexibility index (Phi) is 5.97. The van der Waals surface area contributed by atoms with Crippen LogP contribution in [0.15, 0.2) is 65.7 Å². The lowest BCUT2D eigenvalue weighted by Crippen LogP contribution is -2.29. The molecule has 0 N–H and O–H groups in total. The maximum atomic E-state index is 5.96. The monoisotopic (exact) mass is 339 g/mol. The van der Waals surface area contributed by atoms with Crippen molar-refractivity contribution in [3.05, 3.63) is 71.8 Å². The van der Waals surface area contributed by atoms with Gasteiger partial charge in [-0.1, -0.05) is 60.7 Å².